The zero-order valence-electron chi connectivity index (χ0n) is 7.01. The van der Waals surface area contributed by atoms with Crippen molar-refractivity contribution < 1.29 is 4.42 Å². The van der Waals surface area contributed by atoms with E-state index in [1.165, 1.54) is 0 Å². The van der Waals surface area contributed by atoms with Crippen LogP contribution in [-0.2, 0) is 5.75 Å². The van der Waals surface area contributed by atoms with Gasteiger partial charge < -0.3 is 4.42 Å². The maximum atomic E-state index is 5.21. The molecule has 0 bridgehead atoms. The van der Waals surface area contributed by atoms with E-state index in [2.05, 4.69) is 4.98 Å². The Balaban J connectivity index is 1.94. The van der Waals surface area contributed by atoms with Crippen LogP contribution >= 0.6 is 11.8 Å². The smallest absolute Gasteiger partial charge is 0.114 e. The summed E-state index contributed by atoms with van der Waals surface area (Å²) >= 11 is 1.67. The van der Waals surface area contributed by atoms with Crippen molar-refractivity contribution in [2.45, 2.75) is 10.8 Å². The van der Waals surface area contributed by atoms with Crippen LogP contribution in [0.2, 0.25) is 0 Å². The van der Waals surface area contributed by atoms with Crippen molar-refractivity contribution in [3.63, 3.8) is 0 Å². The fourth-order valence-corrected chi connectivity index (χ4v) is 1.74. The molecule has 0 saturated heterocycles. The molecule has 0 aliphatic heterocycles. The van der Waals surface area contributed by atoms with Crippen LogP contribution in [0.25, 0.3) is 0 Å². The molecule has 0 amide bonds. The van der Waals surface area contributed by atoms with Crippen LogP contribution in [-0.4, -0.2) is 4.98 Å². The quantitative estimate of drug-likeness (QED) is 0.697. The van der Waals surface area contributed by atoms with Gasteiger partial charge in [0.05, 0.1) is 17.0 Å². The third-order valence-electron chi connectivity index (χ3n) is 1.58. The van der Waals surface area contributed by atoms with E-state index in [4.69, 9.17) is 4.42 Å². The van der Waals surface area contributed by atoms with Crippen molar-refractivity contribution in [2.24, 2.45) is 0 Å². The summed E-state index contributed by atoms with van der Waals surface area (Å²) in [6, 6.07) is 9.76. The molecule has 0 spiro atoms. The van der Waals surface area contributed by atoms with Crippen LogP contribution in [0.1, 0.15) is 5.76 Å². The molecular formula is C10H9NOS. The van der Waals surface area contributed by atoms with Crippen LogP contribution in [0.5, 0.6) is 0 Å². The molecule has 0 atom stereocenters. The molecule has 2 nitrogen and oxygen atoms in total. The topological polar surface area (TPSA) is 26.0 Å². The maximum Gasteiger partial charge on any atom is 0.114 e. The summed E-state index contributed by atoms with van der Waals surface area (Å²) in [5.74, 6) is 1.82. The number of furan rings is 1. The lowest BCUT2D eigenvalue weighted by molar-refractivity contribution is 0.530. The highest BCUT2D eigenvalue weighted by Crippen LogP contribution is 2.19. The number of aromatic nitrogens is 1. The Morgan fingerprint density at radius 2 is 2.23 bits per heavy atom. The number of hydrogen-bond donors (Lipinski definition) is 0. The van der Waals surface area contributed by atoms with Gasteiger partial charge in [-0.2, -0.15) is 0 Å². The maximum absolute atomic E-state index is 5.21. The molecule has 2 heterocycles. The lowest BCUT2D eigenvalue weighted by Gasteiger charge is -1.96. The monoisotopic (exact) mass is 191 g/mol. The molecule has 66 valence electrons. The van der Waals surface area contributed by atoms with Gasteiger partial charge in [-0.25, -0.2) is 4.98 Å². The molecule has 0 N–H and O–H groups in total. The Bertz CT molecular complexity index is 344. The van der Waals surface area contributed by atoms with Crippen LogP contribution in [0.3, 0.4) is 0 Å². The largest absolute Gasteiger partial charge is 0.468 e. The average molecular weight is 191 g/mol. The van der Waals surface area contributed by atoms with Gasteiger partial charge in [0.1, 0.15) is 5.76 Å². The van der Waals surface area contributed by atoms with Crippen LogP contribution < -0.4 is 0 Å². The summed E-state index contributed by atoms with van der Waals surface area (Å²) < 4.78 is 5.21. The van der Waals surface area contributed by atoms with Crippen molar-refractivity contribution in [1.82, 2.24) is 4.98 Å². The van der Waals surface area contributed by atoms with Gasteiger partial charge in [-0.15, -0.1) is 0 Å². The van der Waals surface area contributed by atoms with Crippen molar-refractivity contribution >= 4 is 11.8 Å². The molecule has 0 fully saturated rings. The van der Waals surface area contributed by atoms with Gasteiger partial charge in [0, 0.05) is 6.20 Å². The zero-order chi connectivity index (χ0) is 8.93. The molecule has 0 saturated carbocycles. The first-order valence-corrected chi connectivity index (χ1v) is 5.00. The predicted molar refractivity (Wildman–Crippen MR) is 52.5 cm³/mol. The van der Waals surface area contributed by atoms with E-state index >= 15 is 0 Å². The summed E-state index contributed by atoms with van der Waals surface area (Å²) in [5.41, 5.74) is 0. The molecule has 3 heteroatoms. The van der Waals surface area contributed by atoms with E-state index in [1.54, 1.807) is 24.2 Å². The minimum atomic E-state index is 0.837. The summed E-state index contributed by atoms with van der Waals surface area (Å²) in [7, 11) is 0. The number of thioether (sulfide) groups is 1. The Morgan fingerprint density at radius 1 is 1.23 bits per heavy atom. The molecule has 0 radical (unpaired) electrons. The first-order valence-electron chi connectivity index (χ1n) is 4.01. The van der Waals surface area contributed by atoms with Crippen molar-refractivity contribution in [3.05, 3.63) is 48.6 Å². The van der Waals surface area contributed by atoms with Gasteiger partial charge in [-0.05, 0) is 24.3 Å². The third-order valence-corrected chi connectivity index (χ3v) is 2.55. The van der Waals surface area contributed by atoms with Gasteiger partial charge >= 0.3 is 0 Å². The standard InChI is InChI=1S/C10H9NOS/c1-2-6-11-10(5-1)13-8-9-4-3-7-12-9/h1-7H,8H2. The lowest BCUT2D eigenvalue weighted by atomic mass is 10.5. The average Bonchev–Trinajstić information content (AvgIpc) is 2.69. The summed E-state index contributed by atoms with van der Waals surface area (Å²) in [5, 5.41) is 1.03. The minimum absolute atomic E-state index is 0.837. The van der Waals surface area contributed by atoms with Crippen LogP contribution in [0.4, 0.5) is 0 Å². The Labute approximate surface area is 81.0 Å². The second kappa shape index (κ2) is 4.14. The normalized spacial score (nSPS) is 10.2. The first-order chi connectivity index (χ1) is 6.45. The SMILES string of the molecule is c1ccc(SCc2ccco2)nc1. The molecular weight excluding hydrogens is 182 g/mol. The molecule has 0 aromatic carbocycles. The zero-order valence-corrected chi connectivity index (χ0v) is 7.83. The third kappa shape index (κ3) is 2.36. The van der Waals surface area contributed by atoms with Crippen molar-refractivity contribution in [2.75, 3.05) is 0 Å². The number of hydrogen-bond acceptors (Lipinski definition) is 3. The first kappa shape index (κ1) is 8.38. The molecule has 13 heavy (non-hydrogen) atoms. The molecule has 2 aromatic heterocycles. The second-order valence-electron chi connectivity index (χ2n) is 2.54. The van der Waals surface area contributed by atoms with Crippen molar-refractivity contribution in [1.29, 1.82) is 0 Å². The van der Waals surface area contributed by atoms with Crippen LogP contribution in [0.15, 0.2) is 52.2 Å². The van der Waals surface area contributed by atoms with Crippen molar-refractivity contribution in [3.8, 4) is 0 Å². The highest BCUT2D eigenvalue weighted by atomic mass is 32.2. The molecule has 0 aliphatic rings. The Morgan fingerprint density at radius 3 is 2.92 bits per heavy atom. The van der Waals surface area contributed by atoms with E-state index in [0.717, 1.165) is 16.5 Å². The molecule has 2 rings (SSSR count). The summed E-state index contributed by atoms with van der Waals surface area (Å²) in [6.45, 7) is 0. The highest BCUT2D eigenvalue weighted by Gasteiger charge is 1.97. The molecule has 0 unspecified atom stereocenters. The van der Waals surface area contributed by atoms with Gasteiger partial charge in [0.25, 0.3) is 0 Å². The summed E-state index contributed by atoms with van der Waals surface area (Å²) in [4.78, 5) is 4.20. The van der Waals surface area contributed by atoms with Gasteiger partial charge in [-0.3, -0.25) is 0 Å². The van der Waals surface area contributed by atoms with E-state index in [1.807, 2.05) is 30.3 Å². The fraction of sp³-hybridized carbons (Fsp3) is 0.100. The second-order valence-corrected chi connectivity index (χ2v) is 3.53. The number of nitrogens with zero attached hydrogens (tertiary/aromatic N) is 1. The van der Waals surface area contributed by atoms with E-state index in [0.29, 0.717) is 0 Å². The highest BCUT2D eigenvalue weighted by molar-refractivity contribution is 7.98. The van der Waals surface area contributed by atoms with Crippen LogP contribution in [0, 0.1) is 0 Å². The summed E-state index contributed by atoms with van der Waals surface area (Å²) in [6.07, 6.45) is 3.48. The van der Waals surface area contributed by atoms with Gasteiger partial charge in [-0.1, -0.05) is 17.8 Å². The minimum Gasteiger partial charge on any atom is -0.468 e. The number of rotatable bonds is 3. The molecule has 2 aromatic rings. The van der Waals surface area contributed by atoms with Gasteiger partial charge in [0.15, 0.2) is 0 Å². The predicted octanol–water partition coefficient (Wildman–Crippen LogP) is 2.97. The molecule has 0 aliphatic carbocycles. The Kier molecular flexibility index (Phi) is 2.67. The fourth-order valence-electron chi connectivity index (χ4n) is 0.972. The van der Waals surface area contributed by atoms with E-state index < -0.39 is 0 Å². The van der Waals surface area contributed by atoms with Gasteiger partial charge in [0.2, 0.25) is 0 Å². The number of pyridine rings is 1. The lowest BCUT2D eigenvalue weighted by Crippen LogP contribution is -1.78. The Hall–Kier alpha value is -1.22. The van der Waals surface area contributed by atoms with E-state index in [9.17, 15) is 0 Å². The van der Waals surface area contributed by atoms with E-state index in [-0.39, 0.29) is 0 Å².